The van der Waals surface area contributed by atoms with Crippen LogP contribution >= 0.6 is 0 Å². The zero-order chi connectivity index (χ0) is 14.2. The SMILES string of the molecule is CC(=O)OC1COC(n2ccc(=O)[nH]c2=O)C1(C)F. The van der Waals surface area contributed by atoms with Gasteiger partial charge in [-0.15, -0.1) is 0 Å². The molecule has 0 radical (unpaired) electrons. The third kappa shape index (κ3) is 2.43. The van der Waals surface area contributed by atoms with Crippen LogP contribution < -0.4 is 11.2 Å². The van der Waals surface area contributed by atoms with Crippen molar-refractivity contribution < 1.29 is 18.7 Å². The highest BCUT2D eigenvalue weighted by molar-refractivity contribution is 5.66. The number of H-pyrrole nitrogens is 1. The van der Waals surface area contributed by atoms with Gasteiger partial charge >= 0.3 is 11.7 Å². The van der Waals surface area contributed by atoms with E-state index in [0.29, 0.717) is 0 Å². The summed E-state index contributed by atoms with van der Waals surface area (Å²) >= 11 is 0. The molecule has 8 heteroatoms. The molecule has 1 aromatic heterocycles. The van der Waals surface area contributed by atoms with Crippen molar-refractivity contribution in [1.82, 2.24) is 9.55 Å². The minimum absolute atomic E-state index is 0.164. The largest absolute Gasteiger partial charge is 0.456 e. The third-order valence-corrected chi connectivity index (χ3v) is 2.93. The molecule has 2 heterocycles. The van der Waals surface area contributed by atoms with Crippen LogP contribution in [0.3, 0.4) is 0 Å². The summed E-state index contributed by atoms with van der Waals surface area (Å²) in [6, 6.07) is 1.08. The molecule has 2 rings (SSSR count). The number of hydrogen-bond donors (Lipinski definition) is 1. The summed E-state index contributed by atoms with van der Waals surface area (Å²) < 4.78 is 25.5. The molecule has 1 saturated heterocycles. The molecule has 1 aliphatic rings. The predicted octanol–water partition coefficient (Wildman–Crippen LogP) is -0.275. The Morgan fingerprint density at radius 3 is 2.89 bits per heavy atom. The first-order valence-electron chi connectivity index (χ1n) is 5.61. The van der Waals surface area contributed by atoms with Crippen LogP contribution in [-0.4, -0.2) is 33.9 Å². The summed E-state index contributed by atoms with van der Waals surface area (Å²) in [6.07, 6.45) is -1.23. The first-order chi connectivity index (χ1) is 8.82. The van der Waals surface area contributed by atoms with Crippen molar-refractivity contribution in [1.29, 1.82) is 0 Å². The normalized spacial score (nSPS) is 30.3. The number of alkyl halides is 1. The van der Waals surface area contributed by atoms with E-state index in [1.807, 2.05) is 4.98 Å². The van der Waals surface area contributed by atoms with Crippen LogP contribution in [0.1, 0.15) is 20.1 Å². The maximum Gasteiger partial charge on any atom is 0.330 e. The van der Waals surface area contributed by atoms with E-state index >= 15 is 0 Å². The molecule has 0 bridgehead atoms. The molecule has 0 spiro atoms. The van der Waals surface area contributed by atoms with Crippen molar-refractivity contribution in [3.05, 3.63) is 33.1 Å². The van der Waals surface area contributed by atoms with Gasteiger partial charge < -0.3 is 9.47 Å². The minimum atomic E-state index is -2.08. The van der Waals surface area contributed by atoms with Gasteiger partial charge in [0.25, 0.3) is 5.56 Å². The summed E-state index contributed by atoms with van der Waals surface area (Å²) in [5.74, 6) is -0.632. The molecule has 3 unspecified atom stereocenters. The molecular formula is C11H13FN2O5. The number of nitrogens with zero attached hydrogens (tertiary/aromatic N) is 1. The van der Waals surface area contributed by atoms with Crippen molar-refractivity contribution >= 4 is 5.97 Å². The van der Waals surface area contributed by atoms with Crippen molar-refractivity contribution in [3.63, 3.8) is 0 Å². The van der Waals surface area contributed by atoms with Crippen molar-refractivity contribution in [2.45, 2.75) is 31.8 Å². The number of nitrogens with one attached hydrogen (secondary N) is 1. The maximum atomic E-state index is 14.6. The summed E-state index contributed by atoms with van der Waals surface area (Å²) in [5.41, 5.74) is -3.45. The van der Waals surface area contributed by atoms with Gasteiger partial charge in [-0.25, -0.2) is 9.18 Å². The molecule has 1 N–H and O–H groups in total. The van der Waals surface area contributed by atoms with Crippen molar-refractivity contribution in [2.75, 3.05) is 6.61 Å². The van der Waals surface area contributed by atoms with Crippen LogP contribution in [0.15, 0.2) is 21.9 Å². The van der Waals surface area contributed by atoms with E-state index in [1.165, 1.54) is 6.92 Å². The molecule has 0 amide bonds. The number of ether oxygens (including phenoxy) is 2. The second kappa shape index (κ2) is 4.61. The number of carbonyl (C=O) groups excluding carboxylic acids is 1. The van der Waals surface area contributed by atoms with Crippen LogP contribution in [0.4, 0.5) is 4.39 Å². The Hall–Kier alpha value is -1.96. The van der Waals surface area contributed by atoms with E-state index < -0.39 is 35.2 Å². The van der Waals surface area contributed by atoms with Crippen LogP contribution in [0.2, 0.25) is 0 Å². The van der Waals surface area contributed by atoms with Crippen molar-refractivity contribution in [2.24, 2.45) is 0 Å². The van der Waals surface area contributed by atoms with E-state index in [0.717, 1.165) is 23.8 Å². The summed E-state index contributed by atoms with van der Waals surface area (Å²) in [5, 5.41) is 0. The molecule has 7 nitrogen and oxygen atoms in total. The van der Waals surface area contributed by atoms with Crippen LogP contribution in [-0.2, 0) is 14.3 Å². The van der Waals surface area contributed by atoms with Crippen LogP contribution in [0.25, 0.3) is 0 Å². The predicted molar refractivity (Wildman–Crippen MR) is 61.4 cm³/mol. The molecule has 3 atom stereocenters. The summed E-state index contributed by atoms with van der Waals surface area (Å²) in [7, 11) is 0. The fourth-order valence-electron chi connectivity index (χ4n) is 1.98. The number of halogens is 1. The van der Waals surface area contributed by atoms with Gasteiger partial charge in [-0.3, -0.25) is 19.1 Å². The van der Waals surface area contributed by atoms with Crippen LogP contribution in [0, 0.1) is 0 Å². The van der Waals surface area contributed by atoms with E-state index in [1.54, 1.807) is 0 Å². The van der Waals surface area contributed by atoms with Gasteiger partial charge in [0.2, 0.25) is 0 Å². The quantitative estimate of drug-likeness (QED) is 0.748. The third-order valence-electron chi connectivity index (χ3n) is 2.93. The number of hydrogen-bond acceptors (Lipinski definition) is 5. The number of esters is 1. The Balaban J connectivity index is 2.34. The van der Waals surface area contributed by atoms with Gasteiger partial charge in [-0.1, -0.05) is 0 Å². The molecule has 104 valence electrons. The standard InChI is InChI=1S/C11H13FN2O5/c1-6(15)19-7-5-18-9(11(7,2)12)14-4-3-8(16)13-10(14)17/h3-4,7,9H,5H2,1-2H3,(H,13,16,17). The lowest BCUT2D eigenvalue weighted by molar-refractivity contribution is -0.152. The molecular weight excluding hydrogens is 259 g/mol. The molecule has 0 aliphatic carbocycles. The lowest BCUT2D eigenvalue weighted by atomic mass is 10.0. The van der Waals surface area contributed by atoms with Gasteiger partial charge in [0.15, 0.2) is 18.0 Å². The van der Waals surface area contributed by atoms with Gasteiger partial charge in [-0.2, -0.15) is 0 Å². The highest BCUT2D eigenvalue weighted by Crippen LogP contribution is 2.38. The second-order valence-electron chi connectivity index (χ2n) is 4.45. The van der Waals surface area contributed by atoms with Gasteiger partial charge in [0.1, 0.15) is 0 Å². The Morgan fingerprint density at radius 1 is 1.63 bits per heavy atom. The molecule has 0 aromatic carbocycles. The van der Waals surface area contributed by atoms with E-state index in [2.05, 4.69) is 0 Å². The lowest BCUT2D eigenvalue weighted by Crippen LogP contribution is -2.43. The topological polar surface area (TPSA) is 90.4 Å². The molecule has 1 fully saturated rings. The van der Waals surface area contributed by atoms with E-state index in [4.69, 9.17) is 9.47 Å². The monoisotopic (exact) mass is 272 g/mol. The molecule has 0 saturated carbocycles. The Morgan fingerprint density at radius 2 is 2.32 bits per heavy atom. The minimum Gasteiger partial charge on any atom is -0.456 e. The Kier molecular flexibility index (Phi) is 3.27. The number of aromatic amines is 1. The second-order valence-corrected chi connectivity index (χ2v) is 4.45. The van der Waals surface area contributed by atoms with E-state index in [9.17, 15) is 18.8 Å². The summed E-state index contributed by atoms with van der Waals surface area (Å²) in [6.45, 7) is 2.17. The molecule has 1 aromatic rings. The fourth-order valence-corrected chi connectivity index (χ4v) is 1.98. The summed E-state index contributed by atoms with van der Waals surface area (Å²) in [4.78, 5) is 35.4. The zero-order valence-corrected chi connectivity index (χ0v) is 10.4. The number of carbonyl (C=O) groups is 1. The highest BCUT2D eigenvalue weighted by Gasteiger charge is 2.52. The molecule has 19 heavy (non-hydrogen) atoms. The first-order valence-corrected chi connectivity index (χ1v) is 5.61. The molecule has 1 aliphatic heterocycles. The lowest BCUT2D eigenvalue weighted by Gasteiger charge is -2.26. The number of rotatable bonds is 2. The fraction of sp³-hybridized carbons (Fsp3) is 0.545. The zero-order valence-electron chi connectivity index (χ0n) is 10.4. The average Bonchev–Trinajstić information content (AvgIpc) is 2.55. The van der Waals surface area contributed by atoms with Gasteiger partial charge in [0.05, 0.1) is 6.61 Å². The maximum absolute atomic E-state index is 14.6. The van der Waals surface area contributed by atoms with Gasteiger partial charge in [0, 0.05) is 19.2 Å². The number of aromatic nitrogens is 2. The first kappa shape index (κ1) is 13.5. The Bertz CT molecular complexity index is 606. The Labute approximate surface area is 107 Å². The van der Waals surface area contributed by atoms with Crippen molar-refractivity contribution in [3.8, 4) is 0 Å². The van der Waals surface area contributed by atoms with Crippen LogP contribution in [0.5, 0.6) is 0 Å². The highest BCUT2D eigenvalue weighted by atomic mass is 19.1. The van der Waals surface area contributed by atoms with E-state index in [-0.39, 0.29) is 6.61 Å². The smallest absolute Gasteiger partial charge is 0.330 e. The van der Waals surface area contributed by atoms with Gasteiger partial charge in [-0.05, 0) is 6.92 Å². The average molecular weight is 272 g/mol.